The van der Waals surface area contributed by atoms with Crippen LogP contribution >= 0.6 is 0 Å². The van der Waals surface area contributed by atoms with Crippen LogP contribution in [0.15, 0.2) is 24.3 Å². The van der Waals surface area contributed by atoms with Crippen molar-refractivity contribution < 1.29 is 9.18 Å². The summed E-state index contributed by atoms with van der Waals surface area (Å²) in [7, 11) is 0. The number of aryl methyl sites for hydroxylation is 2. The number of benzene rings is 1. The van der Waals surface area contributed by atoms with Gasteiger partial charge in [0, 0.05) is 12.6 Å². The lowest BCUT2D eigenvalue weighted by atomic mass is 10.1. The van der Waals surface area contributed by atoms with Crippen molar-refractivity contribution in [3.05, 3.63) is 46.8 Å². The van der Waals surface area contributed by atoms with Gasteiger partial charge >= 0.3 is 0 Å². The summed E-state index contributed by atoms with van der Waals surface area (Å²) in [5.41, 5.74) is 7.84. The molecule has 3 N–H and O–H groups in total. The van der Waals surface area contributed by atoms with Gasteiger partial charge in [0.05, 0.1) is 5.92 Å². The zero-order chi connectivity index (χ0) is 14.0. The molecule has 1 aliphatic carbocycles. The Morgan fingerprint density at radius 3 is 2.53 bits per heavy atom. The number of rotatable bonds is 3. The van der Waals surface area contributed by atoms with Crippen molar-refractivity contribution in [2.45, 2.75) is 32.9 Å². The molecular weight excluding hydrogens is 243 g/mol. The van der Waals surface area contributed by atoms with Crippen molar-refractivity contribution in [1.29, 1.82) is 0 Å². The van der Waals surface area contributed by atoms with Gasteiger partial charge in [0.15, 0.2) is 0 Å². The van der Waals surface area contributed by atoms with Gasteiger partial charge in [0.25, 0.3) is 0 Å². The Labute approximate surface area is 112 Å². The van der Waals surface area contributed by atoms with E-state index in [1.54, 1.807) is 26.0 Å². The molecule has 0 fully saturated rings. The second-order valence-electron chi connectivity index (χ2n) is 5.15. The predicted octanol–water partition coefficient (Wildman–Crippen LogP) is 1.96. The maximum atomic E-state index is 13.5. The van der Waals surface area contributed by atoms with Crippen LogP contribution < -0.4 is 11.1 Å². The molecule has 0 saturated carbocycles. The van der Waals surface area contributed by atoms with Crippen molar-refractivity contribution in [3.8, 4) is 0 Å². The van der Waals surface area contributed by atoms with Crippen LogP contribution in [0.4, 0.5) is 4.39 Å². The Hall–Kier alpha value is -1.68. The Bertz CT molecular complexity index is 502. The van der Waals surface area contributed by atoms with E-state index in [4.69, 9.17) is 5.73 Å². The van der Waals surface area contributed by atoms with Crippen molar-refractivity contribution in [1.82, 2.24) is 5.32 Å². The molecule has 0 aliphatic heterocycles. The summed E-state index contributed by atoms with van der Waals surface area (Å²) in [6.45, 7) is 3.87. The van der Waals surface area contributed by atoms with E-state index in [9.17, 15) is 9.18 Å². The number of hydrogen-bond acceptors (Lipinski definition) is 2. The highest BCUT2D eigenvalue weighted by atomic mass is 19.1. The van der Waals surface area contributed by atoms with Gasteiger partial charge in [-0.3, -0.25) is 4.79 Å². The summed E-state index contributed by atoms with van der Waals surface area (Å²) in [5, 5.41) is 2.87. The van der Waals surface area contributed by atoms with Crippen LogP contribution in [0, 0.1) is 25.6 Å². The predicted molar refractivity (Wildman–Crippen MR) is 72.9 cm³/mol. The Morgan fingerprint density at radius 2 is 2.00 bits per heavy atom. The fourth-order valence-corrected chi connectivity index (χ4v) is 2.38. The number of hydrogen-bond donors (Lipinski definition) is 2. The largest absolute Gasteiger partial charge is 0.352 e. The van der Waals surface area contributed by atoms with Crippen molar-refractivity contribution >= 4 is 5.91 Å². The summed E-state index contributed by atoms with van der Waals surface area (Å²) >= 11 is 0. The minimum absolute atomic E-state index is 0.0222. The number of halogens is 1. The van der Waals surface area contributed by atoms with Gasteiger partial charge in [-0.05, 0) is 37.0 Å². The highest BCUT2D eigenvalue weighted by Crippen LogP contribution is 2.17. The summed E-state index contributed by atoms with van der Waals surface area (Å²) in [4.78, 5) is 11.9. The van der Waals surface area contributed by atoms with Gasteiger partial charge in [-0.15, -0.1) is 0 Å². The first-order chi connectivity index (χ1) is 8.97. The number of nitrogens with two attached hydrogens (primary N) is 1. The molecular formula is C15H19FN2O. The van der Waals surface area contributed by atoms with Gasteiger partial charge in [0.2, 0.25) is 5.91 Å². The molecule has 0 spiro atoms. The highest BCUT2D eigenvalue weighted by molar-refractivity contribution is 5.81. The summed E-state index contributed by atoms with van der Waals surface area (Å²) < 4.78 is 13.5. The van der Waals surface area contributed by atoms with Crippen LogP contribution in [0.5, 0.6) is 0 Å². The second-order valence-corrected chi connectivity index (χ2v) is 5.15. The van der Waals surface area contributed by atoms with Crippen molar-refractivity contribution in [3.63, 3.8) is 0 Å². The average Bonchev–Trinajstić information content (AvgIpc) is 2.79. The van der Waals surface area contributed by atoms with Crippen molar-refractivity contribution in [2.75, 3.05) is 0 Å². The lowest BCUT2D eigenvalue weighted by Crippen LogP contribution is -2.30. The molecule has 4 heteroatoms. The first-order valence-corrected chi connectivity index (χ1v) is 6.44. The van der Waals surface area contributed by atoms with Crippen LogP contribution in [0.1, 0.15) is 23.1 Å². The number of carbonyl (C=O) groups is 1. The fourth-order valence-electron chi connectivity index (χ4n) is 2.38. The van der Waals surface area contributed by atoms with Crippen LogP contribution in [0.25, 0.3) is 0 Å². The maximum absolute atomic E-state index is 13.5. The summed E-state index contributed by atoms with van der Waals surface area (Å²) in [5.74, 6) is -0.346. The SMILES string of the molecule is Cc1cc(CNC(=O)C2C=CC(N)C2)cc(C)c1F. The molecule has 19 heavy (non-hydrogen) atoms. The molecule has 1 amide bonds. The molecule has 0 saturated heterocycles. The van der Waals surface area contributed by atoms with E-state index in [-0.39, 0.29) is 23.7 Å². The molecule has 1 aliphatic rings. The second kappa shape index (κ2) is 5.53. The normalized spacial score (nSPS) is 21.7. The molecule has 0 bridgehead atoms. The molecule has 102 valence electrons. The molecule has 0 heterocycles. The molecule has 0 radical (unpaired) electrons. The maximum Gasteiger partial charge on any atom is 0.227 e. The highest BCUT2D eigenvalue weighted by Gasteiger charge is 2.22. The molecule has 0 aromatic heterocycles. The third kappa shape index (κ3) is 3.20. The minimum Gasteiger partial charge on any atom is -0.352 e. The van der Waals surface area contributed by atoms with Crippen LogP contribution in [0.3, 0.4) is 0 Å². The van der Waals surface area contributed by atoms with Gasteiger partial charge in [-0.1, -0.05) is 24.3 Å². The number of amides is 1. The van der Waals surface area contributed by atoms with Crippen LogP contribution in [0.2, 0.25) is 0 Å². The van der Waals surface area contributed by atoms with E-state index in [2.05, 4.69) is 5.32 Å². The van der Waals surface area contributed by atoms with E-state index in [1.807, 2.05) is 12.2 Å². The zero-order valence-corrected chi connectivity index (χ0v) is 11.2. The molecule has 1 aromatic carbocycles. The van der Waals surface area contributed by atoms with Gasteiger partial charge in [-0.25, -0.2) is 4.39 Å². The van der Waals surface area contributed by atoms with Crippen molar-refractivity contribution in [2.24, 2.45) is 11.7 Å². The summed E-state index contributed by atoms with van der Waals surface area (Å²) in [6.07, 6.45) is 4.37. The molecule has 1 aromatic rings. The third-order valence-electron chi connectivity index (χ3n) is 3.42. The zero-order valence-electron chi connectivity index (χ0n) is 11.2. The molecule has 2 atom stereocenters. The smallest absolute Gasteiger partial charge is 0.227 e. The molecule has 3 nitrogen and oxygen atoms in total. The standard InChI is InChI=1S/C15H19FN2O/c1-9-5-11(6-10(2)14(9)16)8-18-15(19)12-3-4-13(17)7-12/h3-6,12-13H,7-8,17H2,1-2H3,(H,18,19). The first kappa shape index (κ1) is 13.7. The Balaban J connectivity index is 1.96. The van der Waals surface area contributed by atoms with Crippen LogP contribution in [-0.4, -0.2) is 11.9 Å². The third-order valence-corrected chi connectivity index (χ3v) is 3.42. The van der Waals surface area contributed by atoms with Gasteiger partial charge in [0.1, 0.15) is 5.82 Å². The van der Waals surface area contributed by atoms with E-state index in [0.29, 0.717) is 24.1 Å². The Kier molecular flexibility index (Phi) is 4.00. The number of nitrogens with one attached hydrogen (secondary N) is 1. The monoisotopic (exact) mass is 262 g/mol. The lowest BCUT2D eigenvalue weighted by Gasteiger charge is -2.12. The quantitative estimate of drug-likeness (QED) is 0.818. The topological polar surface area (TPSA) is 55.1 Å². The van der Waals surface area contributed by atoms with Gasteiger partial charge in [-0.2, -0.15) is 0 Å². The Morgan fingerprint density at radius 1 is 1.37 bits per heavy atom. The lowest BCUT2D eigenvalue weighted by molar-refractivity contribution is -0.123. The average molecular weight is 262 g/mol. The first-order valence-electron chi connectivity index (χ1n) is 6.44. The van der Waals surface area contributed by atoms with Crippen LogP contribution in [-0.2, 0) is 11.3 Å². The fraction of sp³-hybridized carbons (Fsp3) is 0.400. The minimum atomic E-state index is -0.181. The van der Waals surface area contributed by atoms with E-state index < -0.39 is 0 Å². The molecule has 2 rings (SSSR count). The van der Waals surface area contributed by atoms with E-state index in [1.165, 1.54) is 0 Å². The number of carbonyl (C=O) groups excluding carboxylic acids is 1. The van der Waals surface area contributed by atoms with E-state index in [0.717, 1.165) is 5.56 Å². The van der Waals surface area contributed by atoms with E-state index >= 15 is 0 Å². The molecule has 2 unspecified atom stereocenters. The van der Waals surface area contributed by atoms with Gasteiger partial charge < -0.3 is 11.1 Å². The summed E-state index contributed by atoms with van der Waals surface area (Å²) in [6, 6.07) is 3.50.